The van der Waals surface area contributed by atoms with Crippen LogP contribution >= 0.6 is 15.9 Å². The molecule has 1 aromatic rings. The summed E-state index contributed by atoms with van der Waals surface area (Å²) in [6.07, 6.45) is 1.83. The molecule has 1 heterocycles. The fourth-order valence-electron chi connectivity index (χ4n) is 2.46. The zero-order chi connectivity index (χ0) is 13.8. The summed E-state index contributed by atoms with van der Waals surface area (Å²) in [4.78, 5) is 13.7. The number of carbonyl (C=O) groups excluding carboxylic acids is 1. The van der Waals surface area contributed by atoms with Crippen LogP contribution in [0.4, 0.5) is 4.39 Å². The fourth-order valence-corrected chi connectivity index (χ4v) is 2.84. The van der Waals surface area contributed by atoms with Crippen molar-refractivity contribution in [1.29, 1.82) is 0 Å². The normalized spacial score (nSPS) is 20.3. The fraction of sp³-hybridized carbons (Fsp3) is 0.500. The smallest absolute Gasteiger partial charge is 0.309 e. The van der Waals surface area contributed by atoms with Gasteiger partial charge in [0.15, 0.2) is 0 Å². The lowest BCUT2D eigenvalue weighted by molar-refractivity contribution is -0.147. The van der Waals surface area contributed by atoms with E-state index in [1.165, 1.54) is 19.2 Å². The molecule has 19 heavy (non-hydrogen) atoms. The van der Waals surface area contributed by atoms with Gasteiger partial charge in [0.2, 0.25) is 0 Å². The second-order valence-electron chi connectivity index (χ2n) is 4.83. The summed E-state index contributed by atoms with van der Waals surface area (Å²) in [7, 11) is 1.42. The van der Waals surface area contributed by atoms with Crippen LogP contribution in [0.1, 0.15) is 18.4 Å². The van der Waals surface area contributed by atoms with Crippen molar-refractivity contribution >= 4 is 21.9 Å². The average molecular weight is 330 g/mol. The monoisotopic (exact) mass is 329 g/mol. The van der Waals surface area contributed by atoms with Crippen molar-refractivity contribution in [2.24, 2.45) is 5.92 Å². The molecule has 104 valence electrons. The van der Waals surface area contributed by atoms with E-state index in [1.807, 2.05) is 0 Å². The third kappa shape index (κ3) is 3.76. The van der Waals surface area contributed by atoms with E-state index >= 15 is 0 Å². The lowest BCUT2D eigenvalue weighted by atomic mass is 9.98. The number of benzene rings is 1. The van der Waals surface area contributed by atoms with E-state index in [0.717, 1.165) is 29.4 Å². The standard InChI is InChI=1S/C14H17BrFNO2/c1-19-14(18)10-3-2-6-17(8-10)9-11-7-12(16)4-5-13(11)15/h4-5,7,10H,2-3,6,8-9H2,1H3/t10-/m0/s1. The molecular weight excluding hydrogens is 313 g/mol. The molecule has 0 radical (unpaired) electrons. The van der Waals surface area contributed by atoms with Gasteiger partial charge in [0.1, 0.15) is 5.82 Å². The molecule has 1 fully saturated rings. The van der Waals surface area contributed by atoms with Gasteiger partial charge in [0.25, 0.3) is 0 Å². The number of methoxy groups -OCH3 is 1. The zero-order valence-electron chi connectivity index (χ0n) is 10.9. The van der Waals surface area contributed by atoms with Gasteiger partial charge in [0, 0.05) is 17.6 Å². The van der Waals surface area contributed by atoms with Crippen LogP contribution in [0, 0.1) is 11.7 Å². The molecule has 0 N–H and O–H groups in total. The third-order valence-electron chi connectivity index (χ3n) is 3.44. The average Bonchev–Trinajstić information content (AvgIpc) is 2.42. The van der Waals surface area contributed by atoms with E-state index in [4.69, 9.17) is 4.74 Å². The van der Waals surface area contributed by atoms with Crippen LogP contribution in [-0.2, 0) is 16.1 Å². The van der Waals surface area contributed by atoms with Crippen molar-refractivity contribution in [3.05, 3.63) is 34.1 Å². The van der Waals surface area contributed by atoms with Crippen molar-refractivity contribution < 1.29 is 13.9 Å². The number of ether oxygens (including phenoxy) is 1. The maximum Gasteiger partial charge on any atom is 0.309 e. The molecule has 1 saturated heterocycles. The van der Waals surface area contributed by atoms with Crippen molar-refractivity contribution in [2.45, 2.75) is 19.4 Å². The van der Waals surface area contributed by atoms with Crippen LogP contribution in [0.5, 0.6) is 0 Å². The van der Waals surface area contributed by atoms with E-state index in [-0.39, 0.29) is 17.7 Å². The largest absolute Gasteiger partial charge is 0.469 e. The Hall–Kier alpha value is -0.940. The number of likely N-dealkylation sites (tertiary alicyclic amines) is 1. The molecule has 0 aromatic heterocycles. The second kappa shape index (κ2) is 6.48. The predicted octanol–water partition coefficient (Wildman–Crippen LogP) is 2.97. The van der Waals surface area contributed by atoms with E-state index in [9.17, 15) is 9.18 Å². The number of hydrogen-bond donors (Lipinski definition) is 0. The highest BCUT2D eigenvalue weighted by atomic mass is 79.9. The SMILES string of the molecule is COC(=O)[C@H]1CCCN(Cc2cc(F)ccc2Br)C1. The maximum atomic E-state index is 13.2. The molecule has 0 unspecified atom stereocenters. The number of hydrogen-bond acceptors (Lipinski definition) is 3. The maximum absolute atomic E-state index is 13.2. The summed E-state index contributed by atoms with van der Waals surface area (Å²) in [5, 5.41) is 0. The van der Waals surface area contributed by atoms with Gasteiger partial charge in [0.05, 0.1) is 13.0 Å². The first-order chi connectivity index (χ1) is 9.10. The van der Waals surface area contributed by atoms with Crippen LogP contribution in [0.2, 0.25) is 0 Å². The summed E-state index contributed by atoms with van der Waals surface area (Å²) in [6, 6.07) is 4.68. The first-order valence-electron chi connectivity index (χ1n) is 6.34. The zero-order valence-corrected chi connectivity index (χ0v) is 12.5. The Balaban J connectivity index is 2.02. The van der Waals surface area contributed by atoms with Crippen molar-refractivity contribution in [3.63, 3.8) is 0 Å². The quantitative estimate of drug-likeness (QED) is 0.798. The molecule has 3 nitrogen and oxygen atoms in total. The Bertz CT molecular complexity index is 467. The summed E-state index contributed by atoms with van der Waals surface area (Å²) in [5.74, 6) is -0.450. The molecule has 0 aliphatic carbocycles. The Kier molecular flexibility index (Phi) is 4.93. The highest BCUT2D eigenvalue weighted by Gasteiger charge is 2.26. The van der Waals surface area contributed by atoms with Crippen LogP contribution in [0.25, 0.3) is 0 Å². The summed E-state index contributed by atoms with van der Waals surface area (Å²) >= 11 is 3.43. The van der Waals surface area contributed by atoms with Gasteiger partial charge in [-0.15, -0.1) is 0 Å². The molecular formula is C14H17BrFNO2. The Labute approximate surface area is 120 Å². The summed E-state index contributed by atoms with van der Waals surface area (Å²) in [5.41, 5.74) is 0.908. The van der Waals surface area contributed by atoms with E-state index in [1.54, 1.807) is 6.07 Å². The Morgan fingerprint density at radius 2 is 2.37 bits per heavy atom. The van der Waals surface area contributed by atoms with Crippen molar-refractivity contribution in [2.75, 3.05) is 20.2 Å². The van der Waals surface area contributed by atoms with Gasteiger partial charge < -0.3 is 4.74 Å². The molecule has 0 bridgehead atoms. The Morgan fingerprint density at radius 1 is 1.58 bits per heavy atom. The van der Waals surface area contributed by atoms with Gasteiger partial charge >= 0.3 is 5.97 Å². The Morgan fingerprint density at radius 3 is 3.11 bits per heavy atom. The highest BCUT2D eigenvalue weighted by Crippen LogP contribution is 2.23. The molecule has 1 aromatic carbocycles. The van der Waals surface area contributed by atoms with Crippen LogP contribution in [0.3, 0.4) is 0 Å². The number of esters is 1. The summed E-state index contributed by atoms with van der Waals surface area (Å²) < 4.78 is 18.9. The van der Waals surface area contributed by atoms with Crippen molar-refractivity contribution in [3.8, 4) is 0 Å². The van der Waals surface area contributed by atoms with Crippen LogP contribution in [-0.4, -0.2) is 31.1 Å². The minimum absolute atomic E-state index is 0.0638. The van der Waals surface area contributed by atoms with E-state index < -0.39 is 0 Å². The number of rotatable bonds is 3. The first kappa shape index (κ1) is 14.5. The predicted molar refractivity (Wildman–Crippen MR) is 74.1 cm³/mol. The van der Waals surface area contributed by atoms with Crippen LogP contribution in [0.15, 0.2) is 22.7 Å². The van der Waals surface area contributed by atoms with Crippen molar-refractivity contribution in [1.82, 2.24) is 4.90 Å². The first-order valence-corrected chi connectivity index (χ1v) is 7.13. The number of nitrogens with zero attached hydrogens (tertiary/aromatic N) is 1. The summed E-state index contributed by atoms with van der Waals surface area (Å²) in [6.45, 7) is 2.25. The third-order valence-corrected chi connectivity index (χ3v) is 4.22. The highest BCUT2D eigenvalue weighted by molar-refractivity contribution is 9.10. The molecule has 5 heteroatoms. The van der Waals surface area contributed by atoms with E-state index in [2.05, 4.69) is 20.8 Å². The topological polar surface area (TPSA) is 29.5 Å². The molecule has 0 saturated carbocycles. The molecule has 0 amide bonds. The molecule has 0 spiro atoms. The molecule has 1 atom stereocenters. The van der Waals surface area contributed by atoms with Gasteiger partial charge in [-0.1, -0.05) is 15.9 Å². The minimum atomic E-state index is -0.236. The van der Waals surface area contributed by atoms with Crippen LogP contribution < -0.4 is 0 Å². The second-order valence-corrected chi connectivity index (χ2v) is 5.69. The number of carbonyl (C=O) groups is 1. The molecule has 1 aliphatic rings. The van der Waals surface area contributed by atoms with E-state index in [0.29, 0.717) is 13.1 Å². The molecule has 1 aliphatic heterocycles. The number of halogens is 2. The van der Waals surface area contributed by atoms with Gasteiger partial charge in [-0.3, -0.25) is 9.69 Å². The van der Waals surface area contributed by atoms with Gasteiger partial charge in [-0.25, -0.2) is 4.39 Å². The minimum Gasteiger partial charge on any atom is -0.469 e. The lowest BCUT2D eigenvalue weighted by Crippen LogP contribution is -2.38. The molecule has 2 rings (SSSR count). The van der Waals surface area contributed by atoms with Gasteiger partial charge in [-0.2, -0.15) is 0 Å². The lowest BCUT2D eigenvalue weighted by Gasteiger charge is -2.31. The van der Waals surface area contributed by atoms with Gasteiger partial charge in [-0.05, 0) is 43.1 Å². The number of piperidine rings is 1.